The molecule has 3 aromatic rings. The van der Waals surface area contributed by atoms with Crippen molar-refractivity contribution in [3.63, 3.8) is 0 Å². The summed E-state index contributed by atoms with van der Waals surface area (Å²) in [6.45, 7) is 3.87. The highest BCUT2D eigenvalue weighted by molar-refractivity contribution is 8.15. The van der Waals surface area contributed by atoms with Crippen LogP contribution in [0.4, 0.5) is 11.4 Å². The number of carbonyl (C=O) groups excluding carboxylic acids is 1. The number of hydrogen-bond acceptors (Lipinski definition) is 7. The summed E-state index contributed by atoms with van der Waals surface area (Å²) in [4.78, 5) is 42.3. The molecule has 178 valence electrons. The van der Waals surface area contributed by atoms with E-state index in [0.29, 0.717) is 17.1 Å². The number of hydrogen-bond donors (Lipinski definition) is 2. The van der Waals surface area contributed by atoms with E-state index in [4.69, 9.17) is 4.74 Å². The van der Waals surface area contributed by atoms with Crippen LogP contribution in [0.5, 0.6) is 11.6 Å². The molecule has 0 atom stereocenters. The molecule has 1 aromatic heterocycles. The minimum atomic E-state index is -0.713. The van der Waals surface area contributed by atoms with E-state index >= 15 is 0 Å². The maximum Gasteiger partial charge on any atom is 0.333 e. The van der Waals surface area contributed by atoms with E-state index in [1.165, 1.54) is 14.1 Å². The Balaban J connectivity index is 1.99. The normalized spacial score (nSPS) is 11.4. The molecule has 1 heterocycles. The molecule has 0 radical (unpaired) electrons. The number of amides is 1. The molecule has 1 amide bonds. The van der Waals surface area contributed by atoms with Gasteiger partial charge in [-0.25, -0.2) is 9.79 Å². The second-order valence-corrected chi connectivity index (χ2v) is 8.57. The van der Waals surface area contributed by atoms with Crippen molar-refractivity contribution in [1.82, 2.24) is 9.13 Å². The molecule has 34 heavy (non-hydrogen) atoms. The lowest BCUT2D eigenvalue weighted by atomic mass is 10.1. The number of benzene rings is 2. The predicted molar refractivity (Wildman–Crippen MR) is 135 cm³/mol. The number of anilines is 1. The molecule has 9 nitrogen and oxygen atoms in total. The third-order valence-corrected chi connectivity index (χ3v) is 6.34. The summed E-state index contributed by atoms with van der Waals surface area (Å²) in [5.41, 5.74) is 1.63. The lowest BCUT2D eigenvalue weighted by molar-refractivity contribution is -0.113. The molecule has 0 aliphatic rings. The first-order valence-electron chi connectivity index (χ1n) is 10.3. The van der Waals surface area contributed by atoms with E-state index in [0.717, 1.165) is 32.0 Å². The van der Waals surface area contributed by atoms with E-state index in [9.17, 15) is 19.5 Å². The van der Waals surface area contributed by atoms with Crippen LogP contribution in [0.1, 0.15) is 16.7 Å². The van der Waals surface area contributed by atoms with Gasteiger partial charge in [-0.2, -0.15) is 0 Å². The van der Waals surface area contributed by atoms with Gasteiger partial charge in [-0.05, 0) is 55.3 Å². The van der Waals surface area contributed by atoms with Crippen LogP contribution in [0, 0.1) is 13.8 Å². The highest BCUT2D eigenvalue weighted by atomic mass is 32.2. The van der Waals surface area contributed by atoms with Gasteiger partial charge in [-0.3, -0.25) is 18.7 Å². The maximum atomic E-state index is 12.9. The van der Waals surface area contributed by atoms with Crippen LogP contribution in [0.15, 0.2) is 57.0 Å². The highest BCUT2D eigenvalue weighted by Gasteiger charge is 2.22. The molecule has 2 N–H and O–H groups in total. The smallest absolute Gasteiger partial charge is 0.333 e. The van der Waals surface area contributed by atoms with Crippen LogP contribution in [0.25, 0.3) is 0 Å². The van der Waals surface area contributed by atoms with Crippen molar-refractivity contribution in [1.29, 1.82) is 0 Å². The standard InChI is InChI=1S/C24H26N4O5S/c1-14-7-6-8-18(15(14)2)26-19(29)13-34-21(25-16-9-11-17(33-5)12-10-16)20-22(30)27(3)24(32)28(4)23(20)31/h6-12,30H,13H2,1-5H3,(H,26,29). The molecule has 0 saturated carbocycles. The van der Waals surface area contributed by atoms with Gasteiger partial charge >= 0.3 is 5.69 Å². The second-order valence-electron chi connectivity index (χ2n) is 7.60. The van der Waals surface area contributed by atoms with Gasteiger partial charge in [0.1, 0.15) is 16.4 Å². The summed E-state index contributed by atoms with van der Waals surface area (Å²) < 4.78 is 7.00. The van der Waals surface area contributed by atoms with Crippen molar-refractivity contribution in [2.45, 2.75) is 13.8 Å². The fourth-order valence-electron chi connectivity index (χ4n) is 3.16. The van der Waals surface area contributed by atoms with Gasteiger partial charge < -0.3 is 15.2 Å². The van der Waals surface area contributed by atoms with Crippen molar-refractivity contribution in [3.05, 3.63) is 80.0 Å². The summed E-state index contributed by atoms with van der Waals surface area (Å²) in [7, 11) is 4.21. The summed E-state index contributed by atoms with van der Waals surface area (Å²) in [6, 6.07) is 12.4. The third-order valence-electron chi connectivity index (χ3n) is 5.37. The lowest BCUT2D eigenvalue weighted by Crippen LogP contribution is -2.39. The molecule has 0 aliphatic heterocycles. The molecule has 0 spiro atoms. The van der Waals surface area contributed by atoms with Crippen LogP contribution in [-0.4, -0.2) is 38.1 Å². The van der Waals surface area contributed by atoms with E-state index < -0.39 is 17.1 Å². The van der Waals surface area contributed by atoms with Crippen LogP contribution < -0.4 is 21.3 Å². The molecule has 0 aliphatic carbocycles. The monoisotopic (exact) mass is 482 g/mol. The average Bonchev–Trinajstić information content (AvgIpc) is 2.83. The van der Waals surface area contributed by atoms with Gasteiger partial charge in [0.2, 0.25) is 11.8 Å². The van der Waals surface area contributed by atoms with E-state index in [1.807, 2.05) is 32.0 Å². The number of nitrogens with one attached hydrogen (secondary N) is 1. The van der Waals surface area contributed by atoms with Crippen LogP contribution in [0.3, 0.4) is 0 Å². The number of nitrogens with zero attached hydrogens (tertiary/aromatic N) is 3. The fraction of sp³-hybridized carbons (Fsp3) is 0.250. The van der Waals surface area contributed by atoms with Gasteiger partial charge in [0.25, 0.3) is 5.56 Å². The number of thioether (sulfide) groups is 1. The molecule has 10 heteroatoms. The average molecular weight is 483 g/mol. The van der Waals surface area contributed by atoms with Gasteiger partial charge in [0.15, 0.2) is 0 Å². The van der Waals surface area contributed by atoms with Crippen molar-refractivity contribution < 1.29 is 14.6 Å². The summed E-state index contributed by atoms with van der Waals surface area (Å²) in [5.74, 6) is -0.277. The van der Waals surface area contributed by atoms with Crippen LogP contribution >= 0.6 is 11.8 Å². The number of aromatic nitrogens is 2. The molecule has 2 aromatic carbocycles. The largest absolute Gasteiger partial charge is 0.497 e. The number of methoxy groups -OCH3 is 1. The maximum absolute atomic E-state index is 12.9. The molecule has 0 saturated heterocycles. The second kappa shape index (κ2) is 10.4. The molecule has 3 rings (SSSR count). The molecular formula is C24H26N4O5S. The van der Waals surface area contributed by atoms with Crippen LogP contribution in [-0.2, 0) is 18.9 Å². The predicted octanol–water partition coefficient (Wildman–Crippen LogP) is 2.87. The fourth-order valence-corrected chi connectivity index (χ4v) is 3.99. The Morgan fingerprint density at radius 1 is 1.09 bits per heavy atom. The van der Waals surface area contributed by atoms with Gasteiger partial charge in [0.05, 0.1) is 18.6 Å². The Hall–Kier alpha value is -3.79. The Bertz CT molecular complexity index is 1370. The summed E-state index contributed by atoms with van der Waals surface area (Å²) >= 11 is 0.986. The topological polar surface area (TPSA) is 115 Å². The van der Waals surface area contributed by atoms with Crippen molar-refractivity contribution in [2.75, 3.05) is 18.2 Å². The van der Waals surface area contributed by atoms with Crippen LogP contribution in [0.2, 0.25) is 0 Å². The van der Waals surface area contributed by atoms with Crippen molar-refractivity contribution >= 4 is 34.1 Å². The van der Waals surface area contributed by atoms with Crippen molar-refractivity contribution in [3.8, 4) is 11.6 Å². The Kier molecular flexibility index (Phi) is 7.62. The molecule has 0 unspecified atom stereocenters. The van der Waals surface area contributed by atoms with E-state index in [2.05, 4.69) is 10.3 Å². The van der Waals surface area contributed by atoms with Gasteiger partial charge in [-0.15, -0.1) is 0 Å². The first kappa shape index (κ1) is 24.8. The quantitative estimate of drug-likeness (QED) is 0.412. The first-order valence-corrected chi connectivity index (χ1v) is 11.3. The minimum absolute atomic E-state index is 0.0756. The number of aryl methyl sites for hydroxylation is 1. The zero-order valence-corrected chi connectivity index (χ0v) is 20.4. The van der Waals surface area contributed by atoms with Gasteiger partial charge in [-0.1, -0.05) is 23.9 Å². The molecule has 0 fully saturated rings. The first-order chi connectivity index (χ1) is 16.1. The zero-order valence-electron chi connectivity index (χ0n) is 19.6. The summed E-state index contributed by atoms with van der Waals surface area (Å²) in [5, 5.41) is 13.6. The Morgan fingerprint density at radius 2 is 1.76 bits per heavy atom. The highest BCUT2D eigenvalue weighted by Crippen LogP contribution is 2.25. The third kappa shape index (κ3) is 5.23. The zero-order chi connectivity index (χ0) is 25.0. The number of rotatable bonds is 6. The number of ether oxygens (including phenoxy) is 1. The van der Waals surface area contributed by atoms with E-state index in [-0.39, 0.29) is 22.3 Å². The molecule has 0 bridgehead atoms. The number of carbonyl (C=O) groups is 1. The lowest BCUT2D eigenvalue weighted by Gasteiger charge is -2.13. The number of aromatic hydroxyl groups is 1. The van der Waals surface area contributed by atoms with Crippen molar-refractivity contribution in [2.24, 2.45) is 19.1 Å². The van der Waals surface area contributed by atoms with Gasteiger partial charge in [0, 0.05) is 19.8 Å². The summed E-state index contributed by atoms with van der Waals surface area (Å²) in [6.07, 6.45) is 0. The molecular weight excluding hydrogens is 456 g/mol. The Labute approximate surface area is 200 Å². The minimum Gasteiger partial charge on any atom is -0.497 e. The Morgan fingerprint density at radius 3 is 2.41 bits per heavy atom. The SMILES string of the molecule is COc1ccc(N=C(SCC(=O)Nc2cccc(C)c2C)c2c(O)n(C)c(=O)n(C)c2=O)cc1. The number of aliphatic imine (C=N–C) groups is 1. The van der Waals surface area contributed by atoms with E-state index in [1.54, 1.807) is 31.4 Å².